The number of amides is 1. The molecule has 3 rings (SSSR count). The molecule has 2 aliphatic rings. The summed E-state index contributed by atoms with van der Waals surface area (Å²) in [6, 6.07) is 4.85. The Bertz CT molecular complexity index is 663. The van der Waals surface area contributed by atoms with E-state index in [1.165, 1.54) is 17.0 Å². The third kappa shape index (κ3) is 1.65. The molecule has 0 aromatic heterocycles. The molecule has 0 aliphatic carbocycles. The Labute approximate surface area is 104 Å². The van der Waals surface area contributed by atoms with Crippen molar-refractivity contribution in [1.82, 2.24) is 0 Å². The first-order valence-corrected chi connectivity index (χ1v) is 7.08. The highest BCUT2D eigenvalue weighted by atomic mass is 32.2. The lowest BCUT2D eigenvalue weighted by molar-refractivity contribution is -0.117. The summed E-state index contributed by atoms with van der Waals surface area (Å²) in [5.41, 5.74) is 1.15. The molecule has 1 fully saturated rings. The number of sulfone groups is 1. The van der Waals surface area contributed by atoms with Gasteiger partial charge >= 0.3 is 0 Å². The lowest BCUT2D eigenvalue weighted by Crippen LogP contribution is -2.25. The van der Waals surface area contributed by atoms with Crippen LogP contribution in [0, 0.1) is 0 Å². The van der Waals surface area contributed by atoms with E-state index in [0.717, 1.165) is 5.41 Å². The van der Waals surface area contributed by atoms with Gasteiger partial charge in [-0.1, -0.05) is 6.07 Å². The molecule has 2 aliphatic heterocycles. The molecule has 2 heterocycles. The van der Waals surface area contributed by atoms with Gasteiger partial charge in [-0.15, -0.1) is 0 Å². The third-order valence-electron chi connectivity index (χ3n) is 3.15. The van der Waals surface area contributed by atoms with Crippen LogP contribution in [0.2, 0.25) is 0 Å². The number of benzene rings is 1. The number of hydrogen-bond donors (Lipinski definition) is 1. The monoisotopic (exact) mass is 265 g/mol. The summed E-state index contributed by atoms with van der Waals surface area (Å²) in [7, 11) is -3.37. The van der Waals surface area contributed by atoms with E-state index in [2.05, 4.69) is 0 Å². The predicted octanol–water partition coefficient (Wildman–Crippen LogP) is 0.542. The van der Waals surface area contributed by atoms with Crippen molar-refractivity contribution in [2.45, 2.75) is 17.4 Å². The van der Waals surface area contributed by atoms with Gasteiger partial charge in [-0.2, -0.15) is 0 Å². The van der Waals surface area contributed by atoms with Gasteiger partial charge in [0.2, 0.25) is 15.7 Å². The number of rotatable bonds is 1. The zero-order valence-electron chi connectivity index (χ0n) is 9.41. The SMILES string of the molecule is O=C1CC(O)CN1c1ccc2c(c1)S(=O)(=O)C=C2. The molecule has 1 atom stereocenters. The normalized spacial score (nSPS) is 24.6. The van der Waals surface area contributed by atoms with E-state index in [9.17, 15) is 18.3 Å². The van der Waals surface area contributed by atoms with Crippen LogP contribution < -0.4 is 4.90 Å². The molecular weight excluding hydrogens is 254 g/mol. The number of fused-ring (bicyclic) bond motifs is 1. The minimum absolute atomic E-state index is 0.0854. The Kier molecular flexibility index (Phi) is 2.33. The Balaban J connectivity index is 2.05. The minimum atomic E-state index is -3.37. The molecule has 0 radical (unpaired) electrons. The molecule has 0 spiro atoms. The summed E-state index contributed by atoms with van der Waals surface area (Å²) in [6.45, 7) is 0.213. The third-order valence-corrected chi connectivity index (χ3v) is 4.61. The Hall–Kier alpha value is -1.66. The number of carbonyl (C=O) groups is 1. The minimum Gasteiger partial charge on any atom is -0.391 e. The van der Waals surface area contributed by atoms with E-state index in [-0.39, 0.29) is 23.8 Å². The van der Waals surface area contributed by atoms with E-state index < -0.39 is 15.9 Å². The van der Waals surface area contributed by atoms with Crippen LogP contribution in [-0.4, -0.2) is 32.1 Å². The maximum Gasteiger partial charge on any atom is 0.229 e. The van der Waals surface area contributed by atoms with Crippen LogP contribution in [0.3, 0.4) is 0 Å². The summed E-state index contributed by atoms with van der Waals surface area (Å²) in [5, 5.41) is 10.6. The van der Waals surface area contributed by atoms with Crippen molar-refractivity contribution in [3.8, 4) is 0 Å². The van der Waals surface area contributed by atoms with Gasteiger partial charge in [0, 0.05) is 11.1 Å². The molecule has 5 nitrogen and oxygen atoms in total. The average molecular weight is 265 g/mol. The van der Waals surface area contributed by atoms with Crippen molar-refractivity contribution in [3.05, 3.63) is 29.2 Å². The molecule has 1 aromatic rings. The van der Waals surface area contributed by atoms with Gasteiger partial charge in [-0.3, -0.25) is 4.79 Å². The average Bonchev–Trinajstić information content (AvgIpc) is 2.79. The summed E-state index contributed by atoms with van der Waals surface area (Å²) in [6.07, 6.45) is 0.942. The Morgan fingerprint density at radius 2 is 2.11 bits per heavy atom. The van der Waals surface area contributed by atoms with E-state index in [1.54, 1.807) is 12.1 Å². The van der Waals surface area contributed by atoms with Gasteiger partial charge in [0.25, 0.3) is 0 Å². The van der Waals surface area contributed by atoms with Crippen LogP contribution in [0.4, 0.5) is 5.69 Å². The highest BCUT2D eigenvalue weighted by molar-refractivity contribution is 7.94. The fourth-order valence-electron chi connectivity index (χ4n) is 2.25. The Morgan fingerprint density at radius 1 is 1.33 bits per heavy atom. The van der Waals surface area contributed by atoms with Crippen LogP contribution in [-0.2, 0) is 14.6 Å². The van der Waals surface area contributed by atoms with Crippen molar-refractivity contribution in [1.29, 1.82) is 0 Å². The van der Waals surface area contributed by atoms with Gasteiger partial charge in [0.15, 0.2) is 0 Å². The summed E-state index contributed by atoms with van der Waals surface area (Å²) in [4.78, 5) is 13.3. The second-order valence-electron chi connectivity index (χ2n) is 4.43. The van der Waals surface area contributed by atoms with Crippen molar-refractivity contribution in [2.24, 2.45) is 0 Å². The standard InChI is InChI=1S/C12H11NO4S/c14-10-6-12(15)13(7-10)9-2-1-8-3-4-18(16,17)11(8)5-9/h1-5,10,14H,6-7H2. The first-order valence-electron chi connectivity index (χ1n) is 5.53. The smallest absolute Gasteiger partial charge is 0.229 e. The summed E-state index contributed by atoms with van der Waals surface area (Å²) >= 11 is 0. The van der Waals surface area contributed by atoms with E-state index in [4.69, 9.17) is 0 Å². The zero-order valence-corrected chi connectivity index (χ0v) is 10.2. The van der Waals surface area contributed by atoms with Gasteiger partial charge < -0.3 is 10.0 Å². The van der Waals surface area contributed by atoms with Gasteiger partial charge in [-0.05, 0) is 23.8 Å². The zero-order chi connectivity index (χ0) is 12.9. The first kappa shape index (κ1) is 11.4. The quantitative estimate of drug-likeness (QED) is 0.804. The second-order valence-corrected chi connectivity index (χ2v) is 6.23. The largest absolute Gasteiger partial charge is 0.391 e. The molecular formula is C12H11NO4S. The summed E-state index contributed by atoms with van der Waals surface area (Å²) in [5.74, 6) is -0.189. The van der Waals surface area contributed by atoms with Gasteiger partial charge in [-0.25, -0.2) is 8.42 Å². The molecule has 1 saturated heterocycles. The predicted molar refractivity (Wildman–Crippen MR) is 65.6 cm³/mol. The molecule has 94 valence electrons. The second kappa shape index (κ2) is 3.66. The maximum absolute atomic E-state index is 11.7. The molecule has 1 aromatic carbocycles. The van der Waals surface area contributed by atoms with E-state index >= 15 is 0 Å². The van der Waals surface area contributed by atoms with Crippen molar-refractivity contribution < 1.29 is 18.3 Å². The number of aliphatic hydroxyl groups is 1. The van der Waals surface area contributed by atoms with Crippen LogP contribution in [0.25, 0.3) is 6.08 Å². The molecule has 0 bridgehead atoms. The highest BCUT2D eigenvalue weighted by Crippen LogP contribution is 2.32. The number of anilines is 1. The molecule has 18 heavy (non-hydrogen) atoms. The van der Waals surface area contributed by atoms with Gasteiger partial charge in [0.1, 0.15) is 0 Å². The first-order chi connectivity index (χ1) is 8.47. The number of hydrogen-bond acceptors (Lipinski definition) is 4. The Morgan fingerprint density at radius 3 is 2.78 bits per heavy atom. The lowest BCUT2D eigenvalue weighted by Gasteiger charge is -2.16. The van der Waals surface area contributed by atoms with Crippen LogP contribution >= 0.6 is 0 Å². The number of aliphatic hydroxyl groups excluding tert-OH is 1. The van der Waals surface area contributed by atoms with Crippen LogP contribution in [0.1, 0.15) is 12.0 Å². The maximum atomic E-state index is 11.7. The molecule has 0 saturated carbocycles. The topological polar surface area (TPSA) is 74.7 Å². The molecule has 1 N–H and O–H groups in total. The molecule has 1 amide bonds. The number of β-amino-alcohol motifs (C(OH)–C–C–N with tert-alkyl or cyclic N) is 1. The van der Waals surface area contributed by atoms with Crippen molar-refractivity contribution in [3.63, 3.8) is 0 Å². The summed E-state index contributed by atoms with van der Waals surface area (Å²) < 4.78 is 23.5. The number of nitrogens with zero attached hydrogens (tertiary/aromatic N) is 1. The fourth-order valence-corrected chi connectivity index (χ4v) is 3.47. The van der Waals surface area contributed by atoms with E-state index in [0.29, 0.717) is 11.3 Å². The van der Waals surface area contributed by atoms with Crippen LogP contribution in [0.15, 0.2) is 28.5 Å². The lowest BCUT2D eigenvalue weighted by atomic mass is 10.2. The highest BCUT2D eigenvalue weighted by Gasteiger charge is 2.30. The number of carbonyl (C=O) groups excluding carboxylic acids is 1. The van der Waals surface area contributed by atoms with E-state index in [1.807, 2.05) is 0 Å². The van der Waals surface area contributed by atoms with Crippen molar-refractivity contribution >= 4 is 27.5 Å². The van der Waals surface area contributed by atoms with Crippen LogP contribution in [0.5, 0.6) is 0 Å². The van der Waals surface area contributed by atoms with Crippen molar-refractivity contribution in [2.75, 3.05) is 11.4 Å². The molecule has 6 heteroatoms. The molecule has 1 unspecified atom stereocenters. The van der Waals surface area contributed by atoms with Gasteiger partial charge in [0.05, 0.1) is 24.0 Å². The fraction of sp³-hybridized carbons (Fsp3) is 0.250.